The molecule has 0 bridgehead atoms. The van der Waals surface area contributed by atoms with Gasteiger partial charge in [0, 0.05) is 11.3 Å². The van der Waals surface area contributed by atoms with Gasteiger partial charge < -0.3 is 29.2 Å². The summed E-state index contributed by atoms with van der Waals surface area (Å²) in [4.78, 5) is 12.3. The Morgan fingerprint density at radius 1 is 0.881 bits per heavy atom. The summed E-state index contributed by atoms with van der Waals surface area (Å²) >= 11 is 0. The van der Waals surface area contributed by atoms with E-state index in [9.17, 15) is 15.0 Å². The van der Waals surface area contributed by atoms with Gasteiger partial charge in [0.2, 0.25) is 0 Å². The molecule has 0 saturated heterocycles. The standard InChI is InChI=1S/C34H39NO7/c1-39-32-20-26(18-27(21-36)30(32)22-37)11-10-24-14-17-31(33(19-24)40-2)41-23-25-12-15-28(16-13-25)35-34(38)42-29-8-6-4-3-5-7-9-29/h6,8,10-20,29,36-37H,3-5,7,9,21-23H2,1-2H3,(H,35,38)/b8-6+,11-10-. The van der Waals surface area contributed by atoms with Crippen molar-refractivity contribution < 1.29 is 34.0 Å². The third-order valence-corrected chi connectivity index (χ3v) is 7.09. The Balaban J connectivity index is 1.34. The molecule has 222 valence electrons. The number of ether oxygens (including phenoxy) is 4. The quantitative estimate of drug-likeness (QED) is 0.170. The summed E-state index contributed by atoms with van der Waals surface area (Å²) < 4.78 is 22.5. The lowest BCUT2D eigenvalue weighted by molar-refractivity contribution is 0.127. The topological polar surface area (TPSA) is 106 Å². The van der Waals surface area contributed by atoms with Gasteiger partial charge in [-0.05, 0) is 90.4 Å². The lowest BCUT2D eigenvalue weighted by Crippen LogP contribution is -2.21. The number of rotatable bonds is 11. The smallest absolute Gasteiger partial charge is 0.412 e. The maximum Gasteiger partial charge on any atom is 0.412 e. The number of aliphatic hydroxyl groups excluding tert-OH is 2. The first-order chi connectivity index (χ1) is 20.5. The number of methoxy groups -OCH3 is 2. The van der Waals surface area contributed by atoms with E-state index in [0.717, 1.165) is 42.4 Å². The molecule has 0 fully saturated rings. The van der Waals surface area contributed by atoms with Crippen LogP contribution in [0.4, 0.5) is 10.5 Å². The Hall–Kier alpha value is -4.27. The zero-order valence-corrected chi connectivity index (χ0v) is 24.2. The summed E-state index contributed by atoms with van der Waals surface area (Å²) in [6.07, 6.45) is 12.5. The van der Waals surface area contributed by atoms with Gasteiger partial charge in [-0.25, -0.2) is 4.79 Å². The van der Waals surface area contributed by atoms with E-state index in [2.05, 4.69) is 11.4 Å². The second-order valence-electron chi connectivity index (χ2n) is 10.0. The van der Waals surface area contributed by atoms with Crippen LogP contribution in [0.15, 0.2) is 66.7 Å². The van der Waals surface area contributed by atoms with Crippen LogP contribution in [-0.4, -0.2) is 36.6 Å². The average Bonchev–Trinajstić information content (AvgIpc) is 3.00. The number of hydrogen-bond donors (Lipinski definition) is 3. The van der Waals surface area contributed by atoms with Gasteiger partial charge in [-0.15, -0.1) is 0 Å². The van der Waals surface area contributed by atoms with Gasteiger partial charge >= 0.3 is 6.09 Å². The highest BCUT2D eigenvalue weighted by molar-refractivity contribution is 5.84. The normalized spacial score (nSPS) is 15.9. The third kappa shape index (κ3) is 8.61. The van der Waals surface area contributed by atoms with Gasteiger partial charge in [-0.1, -0.05) is 42.8 Å². The van der Waals surface area contributed by atoms with Crippen LogP contribution in [0, 0.1) is 0 Å². The largest absolute Gasteiger partial charge is 0.496 e. The van der Waals surface area contributed by atoms with Crippen LogP contribution >= 0.6 is 0 Å². The molecule has 3 aromatic rings. The Morgan fingerprint density at radius 2 is 1.64 bits per heavy atom. The molecule has 3 N–H and O–H groups in total. The molecule has 0 heterocycles. The van der Waals surface area contributed by atoms with E-state index in [4.69, 9.17) is 18.9 Å². The number of aliphatic hydroxyl groups is 2. The van der Waals surface area contributed by atoms with E-state index in [1.807, 2.05) is 72.8 Å². The van der Waals surface area contributed by atoms with Crippen molar-refractivity contribution in [1.29, 1.82) is 0 Å². The molecule has 1 amide bonds. The van der Waals surface area contributed by atoms with Crippen LogP contribution in [0.3, 0.4) is 0 Å². The highest BCUT2D eigenvalue weighted by atomic mass is 16.6. The van der Waals surface area contributed by atoms with Crippen molar-refractivity contribution in [2.24, 2.45) is 0 Å². The molecular weight excluding hydrogens is 534 g/mol. The fourth-order valence-corrected chi connectivity index (χ4v) is 4.78. The number of anilines is 1. The highest BCUT2D eigenvalue weighted by Crippen LogP contribution is 2.31. The zero-order chi connectivity index (χ0) is 29.7. The first kappa shape index (κ1) is 30.7. The van der Waals surface area contributed by atoms with Gasteiger partial charge in [0.05, 0.1) is 27.4 Å². The van der Waals surface area contributed by atoms with Crippen molar-refractivity contribution >= 4 is 23.9 Å². The van der Waals surface area contributed by atoms with Crippen molar-refractivity contribution in [3.8, 4) is 17.2 Å². The minimum Gasteiger partial charge on any atom is -0.496 e. The van der Waals surface area contributed by atoms with Gasteiger partial charge in [-0.3, -0.25) is 5.32 Å². The average molecular weight is 574 g/mol. The zero-order valence-electron chi connectivity index (χ0n) is 24.2. The Bertz CT molecular complexity index is 1360. The lowest BCUT2D eigenvalue weighted by atomic mass is 10.0. The number of hydrogen-bond acceptors (Lipinski definition) is 7. The molecular formula is C34H39NO7. The van der Waals surface area contributed by atoms with Crippen molar-refractivity contribution in [2.75, 3.05) is 19.5 Å². The highest BCUT2D eigenvalue weighted by Gasteiger charge is 2.13. The van der Waals surface area contributed by atoms with E-state index < -0.39 is 6.09 Å². The minimum atomic E-state index is -0.455. The second kappa shape index (κ2) is 15.7. The van der Waals surface area contributed by atoms with Gasteiger partial charge in [0.1, 0.15) is 18.5 Å². The van der Waals surface area contributed by atoms with E-state index in [-0.39, 0.29) is 19.3 Å². The van der Waals surface area contributed by atoms with Crippen LogP contribution in [0.25, 0.3) is 12.2 Å². The van der Waals surface area contributed by atoms with Gasteiger partial charge in [-0.2, -0.15) is 0 Å². The number of nitrogens with one attached hydrogen (secondary N) is 1. The summed E-state index contributed by atoms with van der Waals surface area (Å²) in [5, 5.41) is 22.1. The molecule has 8 heteroatoms. The van der Waals surface area contributed by atoms with Crippen LogP contribution in [0.2, 0.25) is 0 Å². The lowest BCUT2D eigenvalue weighted by Gasteiger charge is -2.16. The first-order valence-corrected chi connectivity index (χ1v) is 14.2. The Kier molecular flexibility index (Phi) is 11.4. The molecule has 1 unspecified atom stereocenters. The summed E-state index contributed by atoms with van der Waals surface area (Å²) in [6.45, 7) is -0.0857. The number of amides is 1. The molecule has 0 aromatic heterocycles. The van der Waals surface area contributed by atoms with E-state index in [1.165, 1.54) is 13.5 Å². The Labute approximate surface area is 247 Å². The molecule has 8 nitrogen and oxygen atoms in total. The fourth-order valence-electron chi connectivity index (χ4n) is 4.78. The predicted octanol–water partition coefficient (Wildman–Crippen LogP) is 6.88. The number of benzene rings is 3. The maximum absolute atomic E-state index is 12.3. The monoisotopic (exact) mass is 573 g/mol. The van der Waals surface area contributed by atoms with Gasteiger partial charge in [0.25, 0.3) is 0 Å². The van der Waals surface area contributed by atoms with E-state index in [1.54, 1.807) is 7.11 Å². The first-order valence-electron chi connectivity index (χ1n) is 14.2. The van der Waals surface area contributed by atoms with Crippen LogP contribution in [0.5, 0.6) is 17.2 Å². The summed E-state index contributed by atoms with van der Waals surface area (Å²) in [7, 11) is 3.13. The maximum atomic E-state index is 12.3. The second-order valence-corrected chi connectivity index (χ2v) is 10.0. The SMILES string of the molecule is COc1cc(/C=C\c2cc(CO)c(CO)c(OC)c2)ccc1OCc1ccc(NC(=O)OC2/C=C/CCCCC2)cc1. The third-order valence-electron chi connectivity index (χ3n) is 7.09. The molecule has 1 aliphatic rings. The van der Waals surface area contributed by atoms with E-state index in [0.29, 0.717) is 40.7 Å². The fraction of sp³-hybridized carbons (Fsp3) is 0.324. The number of carbonyl (C=O) groups is 1. The molecule has 4 rings (SSSR count). The molecule has 3 aromatic carbocycles. The molecule has 0 saturated carbocycles. The van der Waals surface area contributed by atoms with Crippen LogP contribution < -0.4 is 19.5 Å². The van der Waals surface area contributed by atoms with Crippen molar-refractivity contribution in [1.82, 2.24) is 0 Å². The van der Waals surface area contributed by atoms with E-state index >= 15 is 0 Å². The predicted molar refractivity (Wildman–Crippen MR) is 164 cm³/mol. The minimum absolute atomic E-state index is 0.184. The number of allylic oxidation sites excluding steroid dienone is 1. The Morgan fingerprint density at radius 3 is 2.38 bits per heavy atom. The summed E-state index contributed by atoms with van der Waals surface area (Å²) in [5.41, 5.74) is 4.50. The molecule has 1 atom stereocenters. The van der Waals surface area contributed by atoms with Gasteiger partial charge in [0.15, 0.2) is 11.5 Å². The van der Waals surface area contributed by atoms with Crippen molar-refractivity contribution in [2.45, 2.75) is 58.0 Å². The van der Waals surface area contributed by atoms with Crippen molar-refractivity contribution in [3.63, 3.8) is 0 Å². The molecule has 1 aliphatic carbocycles. The van der Waals surface area contributed by atoms with Crippen LogP contribution in [-0.2, 0) is 24.6 Å². The summed E-state index contributed by atoms with van der Waals surface area (Å²) in [6, 6.07) is 16.7. The number of carbonyl (C=O) groups excluding carboxylic acids is 1. The molecule has 0 spiro atoms. The molecule has 42 heavy (non-hydrogen) atoms. The molecule has 0 radical (unpaired) electrons. The summed E-state index contributed by atoms with van der Waals surface area (Å²) in [5.74, 6) is 1.71. The van der Waals surface area contributed by atoms with Crippen LogP contribution in [0.1, 0.15) is 59.9 Å². The molecule has 0 aliphatic heterocycles. The van der Waals surface area contributed by atoms with Crippen molar-refractivity contribution in [3.05, 3.63) is 94.6 Å².